The summed E-state index contributed by atoms with van der Waals surface area (Å²) in [5.41, 5.74) is 6.46. The molecular weight excluding hydrogens is 282 g/mol. The van der Waals surface area contributed by atoms with E-state index in [1.54, 1.807) is 24.3 Å². The lowest BCUT2D eigenvalue weighted by Gasteiger charge is -2.14. The van der Waals surface area contributed by atoms with Crippen LogP contribution in [0.25, 0.3) is 0 Å². The third-order valence-corrected chi connectivity index (χ3v) is 2.45. The fourth-order valence-electron chi connectivity index (χ4n) is 1.53. The van der Waals surface area contributed by atoms with E-state index in [4.69, 9.17) is 10.5 Å². The van der Waals surface area contributed by atoms with Gasteiger partial charge in [-0.25, -0.2) is 0 Å². The summed E-state index contributed by atoms with van der Waals surface area (Å²) in [6.07, 6.45) is 0. The summed E-state index contributed by atoms with van der Waals surface area (Å²) in [4.78, 5) is 23.6. The van der Waals surface area contributed by atoms with E-state index in [0.717, 1.165) is 0 Å². The molecule has 6 nitrogen and oxygen atoms in total. The molecule has 0 aliphatic carbocycles. The van der Waals surface area contributed by atoms with E-state index in [-0.39, 0.29) is 24.9 Å². The maximum Gasteiger partial charge on any atom is 0.253 e. The summed E-state index contributed by atoms with van der Waals surface area (Å²) in [6.45, 7) is 2.47. The molecule has 1 atom stereocenters. The van der Waals surface area contributed by atoms with Crippen LogP contribution in [0.15, 0.2) is 24.3 Å². The zero-order valence-corrected chi connectivity index (χ0v) is 12.3. The molecule has 4 N–H and O–H groups in total. The molecule has 1 rings (SSSR count). The SMILES string of the molecule is CCNC(=O)c1ccccc1NC(=O)C(N)COC.Cl. The number of ether oxygens (including phenoxy) is 1. The minimum Gasteiger partial charge on any atom is -0.383 e. The number of para-hydroxylation sites is 1. The van der Waals surface area contributed by atoms with Crippen molar-refractivity contribution in [1.29, 1.82) is 0 Å². The van der Waals surface area contributed by atoms with E-state index >= 15 is 0 Å². The molecular formula is C13H20ClN3O3. The van der Waals surface area contributed by atoms with E-state index in [1.807, 2.05) is 6.92 Å². The van der Waals surface area contributed by atoms with Crippen LogP contribution >= 0.6 is 12.4 Å². The van der Waals surface area contributed by atoms with Gasteiger partial charge in [-0.05, 0) is 19.1 Å². The molecule has 112 valence electrons. The van der Waals surface area contributed by atoms with Crippen molar-refractivity contribution in [2.45, 2.75) is 13.0 Å². The van der Waals surface area contributed by atoms with Crippen molar-refractivity contribution in [3.63, 3.8) is 0 Å². The van der Waals surface area contributed by atoms with Gasteiger partial charge in [0.15, 0.2) is 0 Å². The predicted molar refractivity (Wildman–Crippen MR) is 80.2 cm³/mol. The minimum absolute atomic E-state index is 0. The Balaban J connectivity index is 0.00000361. The fourth-order valence-corrected chi connectivity index (χ4v) is 1.53. The smallest absolute Gasteiger partial charge is 0.253 e. The standard InChI is InChI=1S/C13H19N3O3.ClH/c1-3-15-12(17)9-6-4-5-7-11(9)16-13(18)10(14)8-19-2;/h4-7,10H,3,8,14H2,1-2H3,(H,15,17)(H,16,18);1H. The van der Waals surface area contributed by atoms with Crippen molar-refractivity contribution >= 4 is 29.9 Å². The maximum absolute atomic E-state index is 11.8. The fraction of sp³-hybridized carbons (Fsp3) is 0.385. The van der Waals surface area contributed by atoms with E-state index < -0.39 is 11.9 Å². The number of benzene rings is 1. The van der Waals surface area contributed by atoms with Crippen molar-refractivity contribution in [3.8, 4) is 0 Å². The highest BCUT2D eigenvalue weighted by atomic mass is 35.5. The number of hydrogen-bond acceptors (Lipinski definition) is 4. The van der Waals surface area contributed by atoms with Crippen LogP contribution in [0.2, 0.25) is 0 Å². The molecule has 1 unspecified atom stereocenters. The summed E-state index contributed by atoms with van der Waals surface area (Å²) in [6, 6.07) is 5.99. The van der Waals surface area contributed by atoms with Crippen LogP contribution in [0.3, 0.4) is 0 Å². The molecule has 0 fully saturated rings. The van der Waals surface area contributed by atoms with Gasteiger partial charge < -0.3 is 21.1 Å². The third kappa shape index (κ3) is 5.16. The summed E-state index contributed by atoms with van der Waals surface area (Å²) in [5, 5.41) is 5.31. The van der Waals surface area contributed by atoms with Gasteiger partial charge in [0.2, 0.25) is 5.91 Å². The van der Waals surface area contributed by atoms with Gasteiger partial charge in [-0.3, -0.25) is 9.59 Å². The normalized spacial score (nSPS) is 11.2. The van der Waals surface area contributed by atoms with E-state index in [9.17, 15) is 9.59 Å². The molecule has 1 aromatic rings. The number of carbonyl (C=O) groups is 2. The molecule has 7 heteroatoms. The van der Waals surface area contributed by atoms with Gasteiger partial charge in [0, 0.05) is 13.7 Å². The molecule has 2 amide bonds. The Morgan fingerprint density at radius 1 is 1.35 bits per heavy atom. The average molecular weight is 302 g/mol. The van der Waals surface area contributed by atoms with Gasteiger partial charge in [0.1, 0.15) is 6.04 Å². The van der Waals surface area contributed by atoms with E-state index in [1.165, 1.54) is 7.11 Å². The van der Waals surface area contributed by atoms with Gasteiger partial charge >= 0.3 is 0 Å². The number of carbonyl (C=O) groups excluding carboxylic acids is 2. The van der Waals surface area contributed by atoms with Gasteiger partial charge in [0.05, 0.1) is 17.9 Å². The number of nitrogens with two attached hydrogens (primary N) is 1. The Morgan fingerprint density at radius 2 is 2.00 bits per heavy atom. The summed E-state index contributed by atoms with van der Waals surface area (Å²) in [7, 11) is 1.47. The Morgan fingerprint density at radius 3 is 2.60 bits per heavy atom. The number of anilines is 1. The molecule has 0 bridgehead atoms. The number of rotatable bonds is 6. The second kappa shape index (κ2) is 9.30. The average Bonchev–Trinajstić information content (AvgIpc) is 2.39. The highest BCUT2D eigenvalue weighted by molar-refractivity contribution is 6.04. The molecule has 0 saturated carbocycles. The number of nitrogens with one attached hydrogen (secondary N) is 2. The summed E-state index contributed by atoms with van der Waals surface area (Å²) >= 11 is 0. The van der Waals surface area contributed by atoms with Crippen LogP contribution in [-0.4, -0.2) is 38.1 Å². The first-order valence-corrected chi connectivity index (χ1v) is 6.02. The van der Waals surface area contributed by atoms with Crippen LogP contribution in [0.4, 0.5) is 5.69 Å². The molecule has 0 heterocycles. The topological polar surface area (TPSA) is 93.5 Å². The van der Waals surface area contributed by atoms with Crippen molar-refractivity contribution < 1.29 is 14.3 Å². The first kappa shape index (κ1) is 18.4. The van der Waals surface area contributed by atoms with Crippen molar-refractivity contribution in [2.75, 3.05) is 25.6 Å². The van der Waals surface area contributed by atoms with E-state index in [2.05, 4.69) is 10.6 Å². The molecule has 0 aliphatic rings. The molecule has 20 heavy (non-hydrogen) atoms. The van der Waals surface area contributed by atoms with Crippen LogP contribution in [-0.2, 0) is 9.53 Å². The molecule has 0 aliphatic heterocycles. The van der Waals surface area contributed by atoms with Gasteiger partial charge in [0.25, 0.3) is 5.91 Å². The Kier molecular flexibility index (Phi) is 8.54. The lowest BCUT2D eigenvalue weighted by molar-refractivity contribution is -0.118. The zero-order valence-electron chi connectivity index (χ0n) is 11.5. The Bertz CT molecular complexity index is 454. The molecule has 0 aromatic heterocycles. The maximum atomic E-state index is 11.8. The summed E-state index contributed by atoms with van der Waals surface area (Å²) < 4.78 is 4.81. The largest absolute Gasteiger partial charge is 0.383 e. The highest BCUT2D eigenvalue weighted by Crippen LogP contribution is 2.15. The van der Waals surface area contributed by atoms with Gasteiger partial charge in [-0.15, -0.1) is 12.4 Å². The van der Waals surface area contributed by atoms with Crippen molar-refractivity contribution in [3.05, 3.63) is 29.8 Å². The number of halogens is 1. The first-order valence-electron chi connectivity index (χ1n) is 6.02. The number of hydrogen-bond donors (Lipinski definition) is 3. The first-order chi connectivity index (χ1) is 9.10. The monoisotopic (exact) mass is 301 g/mol. The lowest BCUT2D eigenvalue weighted by Crippen LogP contribution is -2.39. The second-order valence-corrected chi connectivity index (χ2v) is 3.96. The van der Waals surface area contributed by atoms with Crippen molar-refractivity contribution in [1.82, 2.24) is 5.32 Å². The zero-order chi connectivity index (χ0) is 14.3. The summed E-state index contributed by atoms with van der Waals surface area (Å²) in [5.74, 6) is -0.627. The lowest BCUT2D eigenvalue weighted by atomic mass is 10.1. The molecule has 0 radical (unpaired) electrons. The molecule has 1 aromatic carbocycles. The van der Waals surface area contributed by atoms with Crippen LogP contribution in [0.5, 0.6) is 0 Å². The van der Waals surface area contributed by atoms with Gasteiger partial charge in [-0.2, -0.15) is 0 Å². The van der Waals surface area contributed by atoms with Gasteiger partial charge in [-0.1, -0.05) is 12.1 Å². The third-order valence-electron chi connectivity index (χ3n) is 2.45. The quantitative estimate of drug-likeness (QED) is 0.723. The van der Waals surface area contributed by atoms with E-state index in [0.29, 0.717) is 17.8 Å². The van der Waals surface area contributed by atoms with Crippen LogP contribution in [0.1, 0.15) is 17.3 Å². The second-order valence-electron chi connectivity index (χ2n) is 3.96. The Hall–Kier alpha value is -1.63. The minimum atomic E-state index is -0.771. The van der Waals surface area contributed by atoms with Crippen LogP contribution in [0, 0.1) is 0 Å². The Labute approximate surface area is 124 Å². The highest BCUT2D eigenvalue weighted by Gasteiger charge is 2.16. The van der Waals surface area contributed by atoms with Crippen molar-refractivity contribution in [2.24, 2.45) is 5.73 Å². The predicted octanol–water partition coefficient (Wildman–Crippen LogP) is 0.770. The number of methoxy groups -OCH3 is 1. The molecule has 0 saturated heterocycles. The van der Waals surface area contributed by atoms with Crippen LogP contribution < -0.4 is 16.4 Å². The number of amides is 2. The molecule has 0 spiro atoms.